The number of pyridine rings is 1. The summed E-state index contributed by atoms with van der Waals surface area (Å²) in [4.78, 5) is 17.3. The predicted molar refractivity (Wildman–Crippen MR) is 135 cm³/mol. The van der Waals surface area contributed by atoms with E-state index in [-0.39, 0.29) is 17.5 Å². The third-order valence-corrected chi connectivity index (χ3v) is 6.95. The van der Waals surface area contributed by atoms with E-state index in [1.54, 1.807) is 24.5 Å². The SMILES string of the molecule is CC(C)N1CCN(c2ccc(Nc3ncc(F)c(-c4cnc5cnn(C6CC6)c5c4)n3)cc2F)CC1. The van der Waals surface area contributed by atoms with Crippen LogP contribution in [0.1, 0.15) is 32.7 Å². The Morgan fingerprint density at radius 1 is 0.944 bits per heavy atom. The van der Waals surface area contributed by atoms with Crippen LogP contribution in [-0.4, -0.2) is 61.9 Å². The highest BCUT2D eigenvalue weighted by atomic mass is 19.1. The summed E-state index contributed by atoms with van der Waals surface area (Å²) >= 11 is 0. The van der Waals surface area contributed by atoms with Gasteiger partial charge < -0.3 is 10.2 Å². The Morgan fingerprint density at radius 3 is 2.47 bits per heavy atom. The highest BCUT2D eigenvalue weighted by Gasteiger charge is 2.26. The molecule has 0 spiro atoms. The van der Waals surface area contributed by atoms with Gasteiger partial charge in [-0.05, 0) is 51.0 Å². The summed E-state index contributed by atoms with van der Waals surface area (Å²) in [6.45, 7) is 7.74. The average Bonchev–Trinajstić information content (AvgIpc) is 3.64. The molecule has 6 rings (SSSR count). The molecule has 1 saturated heterocycles. The Bertz CT molecular complexity index is 1410. The first-order valence-corrected chi connectivity index (χ1v) is 12.4. The minimum atomic E-state index is -0.554. The number of nitrogens with zero attached hydrogens (tertiary/aromatic N) is 7. The van der Waals surface area contributed by atoms with Crippen molar-refractivity contribution in [1.82, 2.24) is 29.6 Å². The number of piperazine rings is 1. The van der Waals surface area contributed by atoms with E-state index < -0.39 is 5.82 Å². The number of aromatic nitrogens is 5. The Morgan fingerprint density at radius 2 is 1.75 bits per heavy atom. The molecule has 2 fully saturated rings. The Kier molecular flexibility index (Phi) is 5.75. The largest absolute Gasteiger partial charge is 0.367 e. The molecule has 1 aromatic carbocycles. The van der Waals surface area contributed by atoms with Gasteiger partial charge in [-0.1, -0.05) is 0 Å². The minimum Gasteiger partial charge on any atom is -0.367 e. The van der Waals surface area contributed by atoms with Gasteiger partial charge in [0.05, 0.1) is 29.6 Å². The lowest BCUT2D eigenvalue weighted by Crippen LogP contribution is -2.49. The summed E-state index contributed by atoms with van der Waals surface area (Å²) in [5.41, 5.74) is 3.36. The summed E-state index contributed by atoms with van der Waals surface area (Å²) < 4.78 is 31.7. The van der Waals surface area contributed by atoms with E-state index in [0.717, 1.165) is 56.3 Å². The molecule has 4 aromatic rings. The number of benzene rings is 1. The third-order valence-electron chi connectivity index (χ3n) is 6.95. The van der Waals surface area contributed by atoms with Crippen LogP contribution < -0.4 is 10.2 Å². The zero-order chi connectivity index (χ0) is 24.8. The molecule has 1 aliphatic heterocycles. The zero-order valence-corrected chi connectivity index (χ0v) is 20.3. The summed E-state index contributed by atoms with van der Waals surface area (Å²) in [7, 11) is 0. The minimum absolute atomic E-state index is 0.130. The number of halogens is 2. The van der Waals surface area contributed by atoms with Gasteiger partial charge in [0.2, 0.25) is 5.95 Å². The normalized spacial score (nSPS) is 16.8. The van der Waals surface area contributed by atoms with E-state index in [9.17, 15) is 4.39 Å². The van der Waals surface area contributed by atoms with Gasteiger partial charge >= 0.3 is 0 Å². The van der Waals surface area contributed by atoms with Crippen molar-refractivity contribution in [3.8, 4) is 11.3 Å². The van der Waals surface area contributed by atoms with E-state index in [1.165, 1.54) is 6.07 Å². The quantitative estimate of drug-likeness (QED) is 0.417. The number of hydrogen-bond acceptors (Lipinski definition) is 7. The zero-order valence-electron chi connectivity index (χ0n) is 20.3. The van der Waals surface area contributed by atoms with Gasteiger partial charge in [-0.2, -0.15) is 5.10 Å². The van der Waals surface area contributed by atoms with E-state index in [4.69, 9.17) is 0 Å². The van der Waals surface area contributed by atoms with E-state index in [2.05, 4.69) is 49.0 Å². The number of hydrogen-bond donors (Lipinski definition) is 1. The van der Waals surface area contributed by atoms with Crippen LogP contribution in [0, 0.1) is 11.6 Å². The number of nitrogens with one attached hydrogen (secondary N) is 1. The van der Waals surface area contributed by atoms with E-state index in [1.807, 2.05) is 10.7 Å². The highest BCUT2D eigenvalue weighted by molar-refractivity contribution is 5.80. The Balaban J connectivity index is 1.22. The molecule has 1 N–H and O–H groups in total. The molecule has 0 atom stereocenters. The van der Waals surface area contributed by atoms with Gasteiger partial charge in [-0.15, -0.1) is 0 Å². The van der Waals surface area contributed by atoms with Crippen molar-refractivity contribution in [3.63, 3.8) is 0 Å². The van der Waals surface area contributed by atoms with Crippen molar-refractivity contribution in [1.29, 1.82) is 0 Å². The van der Waals surface area contributed by atoms with Crippen molar-refractivity contribution in [2.24, 2.45) is 0 Å². The molecule has 0 radical (unpaired) electrons. The second-order valence-corrected chi connectivity index (χ2v) is 9.75. The van der Waals surface area contributed by atoms with Crippen LogP contribution in [0.4, 0.5) is 26.1 Å². The van der Waals surface area contributed by atoms with Crippen molar-refractivity contribution < 1.29 is 8.78 Å². The van der Waals surface area contributed by atoms with Crippen LogP contribution in [0.25, 0.3) is 22.3 Å². The lowest BCUT2D eigenvalue weighted by molar-refractivity contribution is 0.209. The summed E-state index contributed by atoms with van der Waals surface area (Å²) in [6.07, 6.45) is 6.60. The maximum absolute atomic E-state index is 15.0. The third kappa shape index (κ3) is 4.37. The Hall–Kier alpha value is -3.66. The van der Waals surface area contributed by atoms with Crippen molar-refractivity contribution >= 4 is 28.4 Å². The Labute approximate surface area is 208 Å². The number of rotatable bonds is 6. The van der Waals surface area contributed by atoms with Crippen molar-refractivity contribution in [2.75, 3.05) is 36.4 Å². The van der Waals surface area contributed by atoms with E-state index >= 15 is 4.39 Å². The molecule has 3 aromatic heterocycles. The van der Waals surface area contributed by atoms with Crippen LogP contribution in [-0.2, 0) is 0 Å². The monoisotopic (exact) mass is 490 g/mol. The standard InChI is InChI=1S/C26H28F2N8/c1-16(2)34-7-9-35(10-8-34)23-6-3-18(12-20(23)27)32-26-30-14-21(28)25(33-26)17-11-24-22(29-13-17)15-31-36(24)19-4-5-19/h3,6,11-16,19H,4-5,7-10H2,1-2H3,(H,30,32,33). The van der Waals surface area contributed by atoms with Gasteiger partial charge in [-0.3, -0.25) is 14.6 Å². The summed E-state index contributed by atoms with van der Waals surface area (Å²) in [5, 5.41) is 7.43. The molecule has 0 bridgehead atoms. The first kappa shape index (κ1) is 22.8. The molecule has 1 aliphatic carbocycles. The fraction of sp³-hybridized carbons (Fsp3) is 0.385. The van der Waals surface area contributed by atoms with Gasteiger partial charge in [0.25, 0.3) is 0 Å². The average molecular weight is 491 g/mol. The molecule has 10 heteroatoms. The van der Waals surface area contributed by atoms with Gasteiger partial charge in [-0.25, -0.2) is 18.7 Å². The predicted octanol–water partition coefficient (Wildman–Crippen LogP) is 4.78. The van der Waals surface area contributed by atoms with Gasteiger partial charge in [0, 0.05) is 49.7 Å². The maximum Gasteiger partial charge on any atom is 0.227 e. The van der Waals surface area contributed by atoms with Gasteiger partial charge in [0.1, 0.15) is 17.0 Å². The summed E-state index contributed by atoms with van der Waals surface area (Å²) in [6, 6.07) is 7.71. The molecule has 0 unspecified atom stereocenters. The lowest BCUT2D eigenvalue weighted by atomic mass is 10.2. The fourth-order valence-corrected chi connectivity index (χ4v) is 4.74. The second-order valence-electron chi connectivity index (χ2n) is 9.75. The van der Waals surface area contributed by atoms with Gasteiger partial charge in [0.15, 0.2) is 5.82 Å². The fourth-order valence-electron chi connectivity index (χ4n) is 4.74. The number of anilines is 3. The molecule has 2 aliphatic rings. The molecular weight excluding hydrogens is 462 g/mol. The molecule has 0 amide bonds. The maximum atomic E-state index is 15.0. The summed E-state index contributed by atoms with van der Waals surface area (Å²) in [5.74, 6) is -0.690. The molecule has 8 nitrogen and oxygen atoms in total. The van der Waals surface area contributed by atoms with Crippen molar-refractivity contribution in [2.45, 2.75) is 38.8 Å². The molecular formula is C26H28F2N8. The highest BCUT2D eigenvalue weighted by Crippen LogP contribution is 2.37. The lowest BCUT2D eigenvalue weighted by Gasteiger charge is -2.38. The van der Waals surface area contributed by atoms with Crippen LogP contribution in [0.2, 0.25) is 0 Å². The molecule has 186 valence electrons. The van der Waals surface area contributed by atoms with Crippen LogP contribution in [0.3, 0.4) is 0 Å². The van der Waals surface area contributed by atoms with E-state index in [0.29, 0.717) is 29.0 Å². The van der Waals surface area contributed by atoms with Crippen LogP contribution >= 0.6 is 0 Å². The van der Waals surface area contributed by atoms with Crippen LogP contribution in [0.5, 0.6) is 0 Å². The molecule has 1 saturated carbocycles. The molecule has 4 heterocycles. The number of fused-ring (bicyclic) bond motifs is 1. The van der Waals surface area contributed by atoms with Crippen molar-refractivity contribution in [3.05, 3.63) is 54.5 Å². The van der Waals surface area contributed by atoms with Crippen LogP contribution in [0.15, 0.2) is 42.9 Å². The first-order chi connectivity index (χ1) is 17.5. The second kappa shape index (κ2) is 9.09. The molecule has 36 heavy (non-hydrogen) atoms. The smallest absolute Gasteiger partial charge is 0.227 e. The first-order valence-electron chi connectivity index (χ1n) is 12.4. The topological polar surface area (TPSA) is 75.0 Å².